The molecule has 1 aromatic rings. The minimum absolute atomic E-state index is 0.231. The van der Waals surface area contributed by atoms with Crippen molar-refractivity contribution in [3.8, 4) is 5.75 Å². The van der Waals surface area contributed by atoms with Crippen molar-refractivity contribution >= 4 is 6.09 Å². The monoisotopic (exact) mass is 306 g/mol. The van der Waals surface area contributed by atoms with Gasteiger partial charge in [0.25, 0.3) is 0 Å². The Bertz CT molecular complexity index is 517. The Morgan fingerprint density at radius 3 is 2.55 bits per heavy atom. The summed E-state index contributed by atoms with van der Waals surface area (Å²) in [7, 11) is 0. The van der Waals surface area contributed by atoms with Gasteiger partial charge in [0.2, 0.25) is 0 Å². The van der Waals surface area contributed by atoms with Crippen molar-refractivity contribution in [1.29, 1.82) is 0 Å². The van der Waals surface area contributed by atoms with Crippen LogP contribution in [-0.2, 0) is 4.74 Å². The summed E-state index contributed by atoms with van der Waals surface area (Å²) in [4.78, 5) is 18.1. The average Bonchev–Trinajstić information content (AvgIpc) is 2.82. The molecule has 5 nitrogen and oxygen atoms in total. The van der Waals surface area contributed by atoms with Crippen LogP contribution in [0.2, 0.25) is 0 Å². The van der Waals surface area contributed by atoms with E-state index < -0.39 is 5.60 Å². The van der Waals surface area contributed by atoms with E-state index in [0.29, 0.717) is 19.1 Å². The molecule has 122 valence electrons. The van der Waals surface area contributed by atoms with Gasteiger partial charge in [0.1, 0.15) is 11.4 Å². The lowest BCUT2D eigenvalue weighted by Gasteiger charge is -2.24. The van der Waals surface area contributed by atoms with E-state index in [1.165, 1.54) is 0 Å². The first-order chi connectivity index (χ1) is 10.2. The highest BCUT2D eigenvalue weighted by Gasteiger charge is 2.30. The third-order valence-electron chi connectivity index (χ3n) is 3.48. The quantitative estimate of drug-likeness (QED) is 0.859. The molecule has 22 heavy (non-hydrogen) atoms. The molecular formula is C17H26N2O3. The molecule has 1 atom stereocenters. The number of hydrogen-bond acceptors (Lipinski definition) is 4. The molecule has 1 saturated heterocycles. The zero-order valence-electron chi connectivity index (χ0n) is 14.2. The third-order valence-corrected chi connectivity index (χ3v) is 3.48. The molecule has 0 unspecified atom stereocenters. The largest absolute Gasteiger partial charge is 0.493 e. The van der Waals surface area contributed by atoms with Crippen molar-refractivity contribution in [2.24, 2.45) is 5.92 Å². The molecule has 0 saturated carbocycles. The first-order valence-electron chi connectivity index (χ1n) is 7.79. The molecule has 0 aromatic carbocycles. The maximum Gasteiger partial charge on any atom is 0.410 e. The number of aromatic nitrogens is 1. The number of amides is 1. The van der Waals surface area contributed by atoms with Crippen LogP contribution in [0.4, 0.5) is 4.79 Å². The highest BCUT2D eigenvalue weighted by Crippen LogP contribution is 2.21. The lowest BCUT2D eigenvalue weighted by molar-refractivity contribution is 0.0285. The van der Waals surface area contributed by atoms with Gasteiger partial charge in [0.15, 0.2) is 0 Å². The third kappa shape index (κ3) is 4.90. The van der Waals surface area contributed by atoms with E-state index in [0.717, 1.165) is 30.1 Å². The summed E-state index contributed by atoms with van der Waals surface area (Å²) in [5.74, 6) is 1.20. The lowest BCUT2D eigenvalue weighted by Crippen LogP contribution is -2.35. The number of pyridine rings is 1. The molecule has 0 N–H and O–H groups in total. The number of rotatable bonds is 3. The van der Waals surface area contributed by atoms with Crippen LogP contribution in [0.25, 0.3) is 0 Å². The second-order valence-electron chi connectivity index (χ2n) is 6.98. The van der Waals surface area contributed by atoms with E-state index in [1.54, 1.807) is 4.90 Å². The van der Waals surface area contributed by atoms with Crippen molar-refractivity contribution in [2.45, 2.75) is 46.6 Å². The molecule has 0 spiro atoms. The van der Waals surface area contributed by atoms with Crippen LogP contribution in [-0.4, -0.2) is 41.3 Å². The highest BCUT2D eigenvalue weighted by atomic mass is 16.6. The van der Waals surface area contributed by atoms with E-state index in [4.69, 9.17) is 9.47 Å². The van der Waals surface area contributed by atoms with Crippen molar-refractivity contribution in [3.63, 3.8) is 0 Å². The lowest BCUT2D eigenvalue weighted by atomic mass is 10.1. The van der Waals surface area contributed by atoms with Crippen molar-refractivity contribution in [1.82, 2.24) is 9.88 Å². The van der Waals surface area contributed by atoms with Gasteiger partial charge in [-0.15, -0.1) is 0 Å². The van der Waals surface area contributed by atoms with E-state index in [1.807, 2.05) is 46.8 Å². The molecule has 1 aromatic heterocycles. The number of nitrogens with zero attached hydrogens (tertiary/aromatic N) is 2. The number of aryl methyl sites for hydroxylation is 2. The summed E-state index contributed by atoms with van der Waals surface area (Å²) >= 11 is 0. The molecule has 1 fully saturated rings. The molecule has 0 radical (unpaired) electrons. The zero-order valence-corrected chi connectivity index (χ0v) is 14.2. The summed E-state index contributed by atoms with van der Waals surface area (Å²) in [6, 6.07) is 3.88. The number of carbonyl (C=O) groups excluding carboxylic acids is 1. The van der Waals surface area contributed by atoms with Gasteiger partial charge < -0.3 is 14.4 Å². The van der Waals surface area contributed by atoms with Crippen LogP contribution in [0.5, 0.6) is 5.75 Å². The van der Waals surface area contributed by atoms with E-state index in [2.05, 4.69) is 4.98 Å². The Balaban J connectivity index is 1.82. The Labute approximate surface area is 132 Å². The van der Waals surface area contributed by atoms with E-state index in [9.17, 15) is 4.79 Å². The van der Waals surface area contributed by atoms with Crippen LogP contribution >= 0.6 is 0 Å². The smallest absolute Gasteiger partial charge is 0.410 e. The summed E-state index contributed by atoms with van der Waals surface area (Å²) in [5, 5.41) is 0. The Morgan fingerprint density at radius 1 is 1.32 bits per heavy atom. The van der Waals surface area contributed by atoms with Gasteiger partial charge in [0, 0.05) is 42.5 Å². The van der Waals surface area contributed by atoms with Gasteiger partial charge in [0.05, 0.1) is 6.61 Å². The SMILES string of the molecule is Cc1cc(OC[C@@H]2CCN(C(=O)OC(C)(C)C)C2)cc(C)n1. The molecule has 0 bridgehead atoms. The van der Waals surface area contributed by atoms with Gasteiger partial charge in [-0.25, -0.2) is 4.79 Å². The predicted molar refractivity (Wildman–Crippen MR) is 85.1 cm³/mol. The van der Waals surface area contributed by atoms with Gasteiger partial charge >= 0.3 is 6.09 Å². The van der Waals surface area contributed by atoms with Crippen molar-refractivity contribution in [3.05, 3.63) is 23.5 Å². The minimum atomic E-state index is -0.447. The topological polar surface area (TPSA) is 51.7 Å². The summed E-state index contributed by atoms with van der Waals surface area (Å²) < 4.78 is 11.3. The maximum atomic E-state index is 12.0. The average molecular weight is 306 g/mol. The molecule has 1 aliphatic rings. The molecule has 5 heteroatoms. The summed E-state index contributed by atoms with van der Waals surface area (Å²) in [5.41, 5.74) is 1.46. The van der Waals surface area contributed by atoms with Gasteiger partial charge in [-0.05, 0) is 41.0 Å². The number of likely N-dealkylation sites (tertiary alicyclic amines) is 1. The fraction of sp³-hybridized carbons (Fsp3) is 0.647. The Kier molecular flexibility index (Phi) is 4.94. The Morgan fingerprint density at radius 2 is 1.95 bits per heavy atom. The van der Waals surface area contributed by atoms with Crippen LogP contribution in [0.1, 0.15) is 38.6 Å². The first-order valence-corrected chi connectivity index (χ1v) is 7.79. The highest BCUT2D eigenvalue weighted by molar-refractivity contribution is 5.68. The summed E-state index contributed by atoms with van der Waals surface area (Å²) in [6.45, 7) is 11.6. The van der Waals surface area contributed by atoms with E-state index >= 15 is 0 Å². The Hall–Kier alpha value is -1.78. The fourth-order valence-corrected chi connectivity index (χ4v) is 2.55. The normalized spacial score (nSPS) is 18.4. The van der Waals surface area contributed by atoms with Crippen molar-refractivity contribution < 1.29 is 14.3 Å². The molecule has 1 amide bonds. The van der Waals surface area contributed by atoms with Gasteiger partial charge in [-0.2, -0.15) is 0 Å². The van der Waals surface area contributed by atoms with Crippen LogP contribution in [0.15, 0.2) is 12.1 Å². The van der Waals surface area contributed by atoms with Crippen LogP contribution < -0.4 is 4.74 Å². The number of carbonyl (C=O) groups is 1. The van der Waals surface area contributed by atoms with Crippen LogP contribution in [0, 0.1) is 19.8 Å². The van der Waals surface area contributed by atoms with Gasteiger partial charge in [-0.1, -0.05) is 0 Å². The fourth-order valence-electron chi connectivity index (χ4n) is 2.55. The van der Waals surface area contributed by atoms with Crippen LogP contribution in [0.3, 0.4) is 0 Å². The molecule has 1 aliphatic heterocycles. The molecule has 0 aliphatic carbocycles. The molecule has 2 heterocycles. The molecular weight excluding hydrogens is 280 g/mol. The van der Waals surface area contributed by atoms with Crippen molar-refractivity contribution in [2.75, 3.05) is 19.7 Å². The predicted octanol–water partition coefficient (Wildman–Crippen LogP) is 3.33. The minimum Gasteiger partial charge on any atom is -0.493 e. The maximum absolute atomic E-state index is 12.0. The zero-order chi connectivity index (χ0) is 16.3. The second-order valence-corrected chi connectivity index (χ2v) is 6.98. The molecule has 2 rings (SSSR count). The standard InChI is InChI=1S/C17H26N2O3/c1-12-8-15(9-13(2)18-12)21-11-14-6-7-19(10-14)16(20)22-17(3,4)5/h8-9,14H,6-7,10-11H2,1-5H3/t14-/m1/s1. The number of ether oxygens (including phenoxy) is 2. The second kappa shape index (κ2) is 6.55. The van der Waals surface area contributed by atoms with Gasteiger partial charge in [-0.3, -0.25) is 4.98 Å². The number of hydrogen-bond donors (Lipinski definition) is 0. The van der Waals surface area contributed by atoms with E-state index in [-0.39, 0.29) is 6.09 Å². The first kappa shape index (κ1) is 16.6. The summed E-state index contributed by atoms with van der Waals surface area (Å²) in [6.07, 6.45) is 0.716.